The number of esters is 2. The van der Waals surface area contributed by atoms with E-state index in [9.17, 15) is 9.59 Å². The Bertz CT molecular complexity index is 765. The van der Waals surface area contributed by atoms with Crippen LogP contribution >= 0.6 is 0 Å². The van der Waals surface area contributed by atoms with Crippen molar-refractivity contribution in [3.05, 3.63) is 47.5 Å². The highest BCUT2D eigenvalue weighted by molar-refractivity contribution is 6.13. The SMILES string of the molecule is O=C1OC2CCCCC2OC(=O)c2c1ccc1ccccc21. The summed E-state index contributed by atoms with van der Waals surface area (Å²) in [5.74, 6) is -0.838. The van der Waals surface area contributed by atoms with Gasteiger partial charge in [0.15, 0.2) is 0 Å². The molecule has 2 atom stereocenters. The first-order chi connectivity index (χ1) is 10.7. The summed E-state index contributed by atoms with van der Waals surface area (Å²) in [5, 5.41) is 1.64. The zero-order valence-electron chi connectivity index (χ0n) is 12.1. The Balaban J connectivity index is 1.88. The van der Waals surface area contributed by atoms with Gasteiger partial charge in [-0.1, -0.05) is 30.3 Å². The Morgan fingerprint density at radius 1 is 0.818 bits per heavy atom. The van der Waals surface area contributed by atoms with Crippen LogP contribution in [0.25, 0.3) is 10.8 Å². The van der Waals surface area contributed by atoms with Crippen LogP contribution in [0.15, 0.2) is 36.4 Å². The predicted octanol–water partition coefficient (Wildman–Crippen LogP) is 3.48. The molecule has 112 valence electrons. The van der Waals surface area contributed by atoms with Crippen LogP contribution in [0.1, 0.15) is 46.4 Å². The Morgan fingerprint density at radius 3 is 2.27 bits per heavy atom. The molecule has 2 unspecified atom stereocenters. The molecule has 1 fully saturated rings. The topological polar surface area (TPSA) is 52.6 Å². The third kappa shape index (κ3) is 2.06. The number of rotatable bonds is 0. The fourth-order valence-corrected chi connectivity index (χ4v) is 3.39. The van der Waals surface area contributed by atoms with E-state index in [4.69, 9.17) is 9.47 Å². The van der Waals surface area contributed by atoms with Crippen LogP contribution in [0.3, 0.4) is 0 Å². The highest BCUT2D eigenvalue weighted by atomic mass is 16.6. The molecule has 0 radical (unpaired) electrons. The largest absolute Gasteiger partial charge is 0.455 e. The van der Waals surface area contributed by atoms with Crippen molar-refractivity contribution >= 4 is 22.7 Å². The number of benzene rings is 2. The standard InChI is InChI=1S/C18H16O4/c19-17-13-10-9-11-5-1-2-6-12(11)16(13)18(20)22-15-8-4-3-7-14(15)21-17/h1-2,5-6,9-10,14-15H,3-4,7-8H2. The summed E-state index contributed by atoms with van der Waals surface area (Å²) in [7, 11) is 0. The van der Waals surface area contributed by atoms with Gasteiger partial charge in [-0.15, -0.1) is 0 Å². The zero-order chi connectivity index (χ0) is 15.1. The average molecular weight is 296 g/mol. The minimum Gasteiger partial charge on any atom is -0.455 e. The van der Waals surface area contributed by atoms with Crippen LogP contribution in [0.4, 0.5) is 0 Å². The number of ether oxygens (including phenoxy) is 2. The van der Waals surface area contributed by atoms with E-state index in [1.165, 1.54) is 0 Å². The van der Waals surface area contributed by atoms with E-state index in [0.29, 0.717) is 11.1 Å². The summed E-state index contributed by atoms with van der Waals surface area (Å²) in [5.41, 5.74) is 0.625. The Hall–Kier alpha value is -2.36. The van der Waals surface area contributed by atoms with Crippen molar-refractivity contribution in [2.45, 2.75) is 37.9 Å². The molecule has 1 saturated carbocycles. The molecule has 0 spiro atoms. The van der Waals surface area contributed by atoms with Crippen molar-refractivity contribution in [1.29, 1.82) is 0 Å². The van der Waals surface area contributed by atoms with Gasteiger partial charge in [0.25, 0.3) is 0 Å². The maximum atomic E-state index is 12.6. The molecule has 1 heterocycles. The fourth-order valence-electron chi connectivity index (χ4n) is 3.39. The summed E-state index contributed by atoms with van der Waals surface area (Å²) < 4.78 is 11.3. The smallest absolute Gasteiger partial charge is 0.340 e. The van der Waals surface area contributed by atoms with Crippen LogP contribution in [0.2, 0.25) is 0 Å². The molecule has 4 rings (SSSR count). The van der Waals surface area contributed by atoms with Crippen molar-refractivity contribution in [1.82, 2.24) is 0 Å². The Kier molecular flexibility index (Phi) is 3.10. The second kappa shape index (κ2) is 5.13. The lowest BCUT2D eigenvalue weighted by atomic mass is 9.93. The molecule has 22 heavy (non-hydrogen) atoms. The van der Waals surface area contributed by atoms with Gasteiger partial charge in [-0.2, -0.15) is 0 Å². The molecule has 2 aliphatic rings. The fraction of sp³-hybridized carbons (Fsp3) is 0.333. The van der Waals surface area contributed by atoms with Crippen LogP contribution in [-0.2, 0) is 9.47 Å². The molecule has 0 amide bonds. The zero-order valence-corrected chi connectivity index (χ0v) is 12.1. The summed E-state index contributed by atoms with van der Waals surface area (Å²) in [4.78, 5) is 25.1. The van der Waals surface area contributed by atoms with Crippen molar-refractivity contribution in [2.24, 2.45) is 0 Å². The molecular weight excluding hydrogens is 280 g/mol. The van der Waals surface area contributed by atoms with E-state index in [2.05, 4.69) is 0 Å². The maximum Gasteiger partial charge on any atom is 0.340 e. The van der Waals surface area contributed by atoms with Crippen molar-refractivity contribution in [3.8, 4) is 0 Å². The van der Waals surface area contributed by atoms with Gasteiger partial charge >= 0.3 is 11.9 Å². The Morgan fingerprint density at radius 2 is 1.50 bits per heavy atom. The van der Waals surface area contributed by atoms with E-state index in [-0.39, 0.29) is 12.2 Å². The maximum absolute atomic E-state index is 12.6. The van der Waals surface area contributed by atoms with Gasteiger partial charge in [-0.25, -0.2) is 9.59 Å². The summed E-state index contributed by atoms with van der Waals surface area (Å²) in [6.07, 6.45) is 2.86. The molecule has 0 aromatic heterocycles. The van der Waals surface area contributed by atoms with Crippen LogP contribution in [-0.4, -0.2) is 24.1 Å². The normalized spacial score (nSPS) is 24.5. The molecule has 2 aromatic carbocycles. The highest BCUT2D eigenvalue weighted by Crippen LogP contribution is 2.31. The van der Waals surface area contributed by atoms with Crippen molar-refractivity contribution < 1.29 is 19.1 Å². The highest BCUT2D eigenvalue weighted by Gasteiger charge is 2.36. The van der Waals surface area contributed by atoms with Crippen molar-refractivity contribution in [2.75, 3.05) is 0 Å². The van der Waals surface area contributed by atoms with E-state index >= 15 is 0 Å². The molecule has 1 aliphatic heterocycles. The average Bonchev–Trinajstić information content (AvgIpc) is 2.54. The van der Waals surface area contributed by atoms with Gasteiger partial charge in [-0.05, 0) is 42.5 Å². The summed E-state index contributed by atoms with van der Waals surface area (Å²) >= 11 is 0. The molecular formula is C18H16O4. The Labute approximate surface area is 128 Å². The molecule has 4 heteroatoms. The molecule has 0 saturated heterocycles. The number of fused-ring (bicyclic) bond motifs is 4. The van der Waals surface area contributed by atoms with Gasteiger partial charge in [0.05, 0.1) is 11.1 Å². The van der Waals surface area contributed by atoms with Gasteiger partial charge in [-0.3, -0.25) is 0 Å². The number of hydrogen-bond donors (Lipinski definition) is 0. The molecule has 4 nitrogen and oxygen atoms in total. The third-order valence-electron chi connectivity index (χ3n) is 4.51. The lowest BCUT2D eigenvalue weighted by Gasteiger charge is -2.32. The van der Waals surface area contributed by atoms with Gasteiger partial charge < -0.3 is 9.47 Å². The van der Waals surface area contributed by atoms with Gasteiger partial charge in [0, 0.05) is 0 Å². The van der Waals surface area contributed by atoms with Gasteiger partial charge in [0.2, 0.25) is 0 Å². The monoisotopic (exact) mass is 296 g/mol. The first-order valence-corrected chi connectivity index (χ1v) is 7.68. The number of carbonyl (C=O) groups excluding carboxylic acids is 2. The third-order valence-corrected chi connectivity index (χ3v) is 4.51. The summed E-state index contributed by atoms with van der Waals surface area (Å²) in [6, 6.07) is 11.0. The van der Waals surface area contributed by atoms with E-state index in [1.54, 1.807) is 6.07 Å². The van der Waals surface area contributed by atoms with E-state index in [1.807, 2.05) is 30.3 Å². The van der Waals surface area contributed by atoms with Crippen LogP contribution in [0, 0.1) is 0 Å². The molecule has 0 N–H and O–H groups in total. The van der Waals surface area contributed by atoms with Crippen molar-refractivity contribution in [3.63, 3.8) is 0 Å². The first-order valence-electron chi connectivity index (χ1n) is 7.68. The minimum atomic E-state index is -0.422. The molecule has 2 aromatic rings. The minimum absolute atomic E-state index is 0.299. The lowest BCUT2D eigenvalue weighted by molar-refractivity contribution is -0.0545. The summed E-state index contributed by atoms with van der Waals surface area (Å²) in [6.45, 7) is 0. The second-order valence-electron chi connectivity index (χ2n) is 5.88. The van der Waals surface area contributed by atoms with E-state index < -0.39 is 11.9 Å². The molecule has 0 bridgehead atoms. The first kappa shape index (κ1) is 13.3. The van der Waals surface area contributed by atoms with Crippen LogP contribution in [0.5, 0.6) is 0 Å². The van der Waals surface area contributed by atoms with E-state index in [0.717, 1.165) is 36.5 Å². The molecule has 1 aliphatic carbocycles. The lowest BCUT2D eigenvalue weighted by Crippen LogP contribution is -2.40. The number of carbonyl (C=O) groups is 2. The predicted molar refractivity (Wildman–Crippen MR) is 80.8 cm³/mol. The van der Waals surface area contributed by atoms with Gasteiger partial charge in [0.1, 0.15) is 12.2 Å². The van der Waals surface area contributed by atoms with Crippen LogP contribution < -0.4 is 0 Å². The number of hydrogen-bond acceptors (Lipinski definition) is 4. The quantitative estimate of drug-likeness (QED) is 0.698. The second-order valence-corrected chi connectivity index (χ2v) is 5.88.